The van der Waals surface area contributed by atoms with Crippen molar-refractivity contribution in [3.05, 3.63) is 29.6 Å². The fourth-order valence-electron chi connectivity index (χ4n) is 2.44. The fourth-order valence-corrected chi connectivity index (χ4v) is 3.36. The number of rotatable bonds is 1. The zero-order valence-corrected chi connectivity index (χ0v) is 14.3. The van der Waals surface area contributed by atoms with E-state index in [2.05, 4.69) is 46.5 Å². The Morgan fingerprint density at radius 2 is 2.06 bits per heavy atom. The topological polar surface area (TPSA) is 6.48 Å². The van der Waals surface area contributed by atoms with E-state index >= 15 is 0 Å². The van der Waals surface area contributed by atoms with Gasteiger partial charge in [-0.15, -0.1) is 5.39 Å². The maximum absolute atomic E-state index is 3.27. The molecule has 3 rings (SSSR count). The minimum Gasteiger partial charge on any atom is -0.421 e. The molecule has 1 aromatic carbocycles. The minimum atomic E-state index is 0. The van der Waals surface area contributed by atoms with Crippen molar-refractivity contribution in [1.82, 2.24) is 4.90 Å². The van der Waals surface area contributed by atoms with Gasteiger partial charge in [0.2, 0.25) is 0 Å². The van der Waals surface area contributed by atoms with Crippen LogP contribution in [0.5, 0.6) is 0 Å². The molecule has 18 heavy (non-hydrogen) atoms. The van der Waals surface area contributed by atoms with Gasteiger partial charge in [-0.25, -0.2) is 0 Å². The number of nitrogens with zero attached hydrogens (tertiary/aromatic N) is 2. The molecule has 1 aromatic heterocycles. The van der Waals surface area contributed by atoms with Crippen LogP contribution in [0.1, 0.15) is 6.42 Å². The second-order valence-electron chi connectivity index (χ2n) is 4.69. The summed E-state index contributed by atoms with van der Waals surface area (Å²) in [5.41, 5.74) is 1.37. The third kappa shape index (κ3) is 2.79. The summed E-state index contributed by atoms with van der Waals surface area (Å²) in [5.74, 6) is 0. The predicted molar refractivity (Wildman–Crippen MR) is 75.0 cm³/mol. The molecule has 0 bridgehead atoms. The number of fused-ring (bicyclic) bond motifs is 1. The second-order valence-corrected chi connectivity index (χ2v) is 5.61. The predicted octanol–water partition coefficient (Wildman–Crippen LogP) is 2.84. The van der Waals surface area contributed by atoms with Gasteiger partial charge in [-0.3, -0.25) is 0 Å². The van der Waals surface area contributed by atoms with Gasteiger partial charge >= 0.3 is 0 Å². The molecule has 0 radical (unpaired) electrons. The van der Waals surface area contributed by atoms with Gasteiger partial charge in [0, 0.05) is 40.7 Å². The van der Waals surface area contributed by atoms with Gasteiger partial charge < -0.3 is 9.80 Å². The summed E-state index contributed by atoms with van der Waals surface area (Å²) in [6.45, 7) is 4.65. The summed E-state index contributed by atoms with van der Waals surface area (Å²) in [4.78, 5) is 4.93. The second kappa shape index (κ2) is 6.18. The number of hydrogen-bond acceptors (Lipinski definition) is 3. The molecule has 0 N–H and O–H groups in total. The van der Waals surface area contributed by atoms with E-state index in [4.69, 9.17) is 0 Å². The van der Waals surface area contributed by atoms with Crippen molar-refractivity contribution < 1.29 is 21.1 Å². The first-order valence-electron chi connectivity index (χ1n) is 6.15. The van der Waals surface area contributed by atoms with E-state index in [1.165, 1.54) is 28.7 Å². The summed E-state index contributed by atoms with van der Waals surface area (Å²) < 4.78 is 1.41. The number of thiophene rings is 1. The molecular weight excluding hydrogens is 412 g/mol. The molecule has 96 valence electrons. The zero-order valence-electron chi connectivity index (χ0n) is 10.6. The molecule has 2 nitrogen and oxygen atoms in total. The van der Waals surface area contributed by atoms with Crippen molar-refractivity contribution in [2.75, 3.05) is 38.1 Å². The molecule has 0 saturated carbocycles. The van der Waals surface area contributed by atoms with Crippen molar-refractivity contribution in [2.24, 2.45) is 0 Å². The fraction of sp³-hybridized carbons (Fsp3) is 0.429. The van der Waals surface area contributed by atoms with Gasteiger partial charge in [0.1, 0.15) is 0 Å². The average molecular weight is 429 g/mol. The standard InChI is InChI=1S/C14H17N2S.W/c1-15-7-3-8-16(10-9-15)13-5-2-4-12-6-11-17-14(12)13;/h4-6,11H,3,7-10H2,1H3;/q-1;. The molecule has 1 saturated heterocycles. The van der Waals surface area contributed by atoms with Gasteiger partial charge in [0.25, 0.3) is 0 Å². The SMILES string of the molecule is CN1CCCN(c2c[c-]cc3ccsc23)CC1.[W]. The number of anilines is 1. The van der Waals surface area contributed by atoms with E-state index in [0.29, 0.717) is 0 Å². The van der Waals surface area contributed by atoms with E-state index in [9.17, 15) is 0 Å². The molecule has 0 spiro atoms. The van der Waals surface area contributed by atoms with Gasteiger partial charge in [0.05, 0.1) is 0 Å². The van der Waals surface area contributed by atoms with Gasteiger partial charge in [0.15, 0.2) is 0 Å². The first kappa shape index (κ1) is 14.0. The van der Waals surface area contributed by atoms with E-state index in [1.54, 1.807) is 0 Å². The van der Waals surface area contributed by atoms with E-state index in [1.807, 2.05) is 11.3 Å². The molecule has 2 aromatic rings. The summed E-state index contributed by atoms with van der Waals surface area (Å²) in [6, 6.07) is 9.68. The van der Waals surface area contributed by atoms with Crippen LogP contribution in [-0.4, -0.2) is 38.1 Å². The smallest absolute Gasteiger partial charge is 0.0188 e. The largest absolute Gasteiger partial charge is 0.421 e. The van der Waals surface area contributed by atoms with Crippen LogP contribution in [0, 0.1) is 6.07 Å². The molecule has 1 aliphatic rings. The molecule has 2 heterocycles. The van der Waals surface area contributed by atoms with Crippen LogP contribution in [0.3, 0.4) is 0 Å². The molecular formula is C14H17N2SW-. The summed E-state index contributed by atoms with van der Waals surface area (Å²) in [7, 11) is 2.21. The van der Waals surface area contributed by atoms with Crippen LogP contribution in [0.4, 0.5) is 5.69 Å². The van der Waals surface area contributed by atoms with E-state index in [0.717, 1.165) is 19.6 Å². The Bertz CT molecular complexity index is 511. The molecule has 0 aliphatic carbocycles. The number of likely N-dealkylation sites (N-methyl/N-ethyl adjacent to an activating group) is 1. The van der Waals surface area contributed by atoms with E-state index < -0.39 is 0 Å². The van der Waals surface area contributed by atoms with Crippen LogP contribution in [-0.2, 0) is 21.1 Å². The quantitative estimate of drug-likeness (QED) is 0.644. The normalized spacial score (nSPS) is 17.5. The van der Waals surface area contributed by atoms with Crippen LogP contribution >= 0.6 is 11.3 Å². The van der Waals surface area contributed by atoms with E-state index in [-0.39, 0.29) is 21.1 Å². The number of benzene rings is 1. The molecule has 4 heteroatoms. The molecule has 0 amide bonds. The summed E-state index contributed by atoms with van der Waals surface area (Å²) >= 11 is 1.84. The maximum atomic E-state index is 3.27. The van der Waals surface area contributed by atoms with Gasteiger partial charge in [-0.2, -0.15) is 29.5 Å². The van der Waals surface area contributed by atoms with Crippen LogP contribution in [0.15, 0.2) is 23.6 Å². The Morgan fingerprint density at radius 1 is 1.17 bits per heavy atom. The van der Waals surface area contributed by atoms with Crippen molar-refractivity contribution in [3.63, 3.8) is 0 Å². The van der Waals surface area contributed by atoms with Crippen molar-refractivity contribution in [1.29, 1.82) is 0 Å². The van der Waals surface area contributed by atoms with Crippen LogP contribution < -0.4 is 4.90 Å². The first-order valence-corrected chi connectivity index (χ1v) is 7.03. The molecule has 0 unspecified atom stereocenters. The monoisotopic (exact) mass is 429 g/mol. The van der Waals surface area contributed by atoms with Gasteiger partial charge in [-0.05, 0) is 25.4 Å². The first-order chi connectivity index (χ1) is 8.34. The summed E-state index contributed by atoms with van der Waals surface area (Å²) in [6.07, 6.45) is 1.25. The van der Waals surface area contributed by atoms with Crippen LogP contribution in [0.2, 0.25) is 0 Å². The average Bonchev–Trinajstić information content (AvgIpc) is 2.72. The Morgan fingerprint density at radius 3 is 2.94 bits per heavy atom. The third-order valence-corrected chi connectivity index (χ3v) is 4.40. The van der Waals surface area contributed by atoms with Crippen molar-refractivity contribution in [3.8, 4) is 0 Å². The van der Waals surface area contributed by atoms with Crippen molar-refractivity contribution in [2.45, 2.75) is 6.42 Å². The third-order valence-electron chi connectivity index (χ3n) is 3.45. The molecule has 1 fully saturated rings. The Labute approximate surface area is 127 Å². The number of hydrogen-bond donors (Lipinski definition) is 0. The Hall–Kier alpha value is -0.372. The van der Waals surface area contributed by atoms with Crippen LogP contribution in [0.25, 0.3) is 10.1 Å². The van der Waals surface area contributed by atoms with Crippen molar-refractivity contribution >= 4 is 27.1 Å². The minimum absolute atomic E-state index is 0. The Balaban J connectivity index is 0.00000120. The summed E-state index contributed by atoms with van der Waals surface area (Å²) in [5, 5.41) is 3.50. The maximum Gasteiger partial charge on any atom is 0.0188 e. The van der Waals surface area contributed by atoms with Gasteiger partial charge in [-0.1, -0.05) is 16.5 Å². The molecule has 0 atom stereocenters. The molecule has 1 aliphatic heterocycles. The zero-order chi connectivity index (χ0) is 11.7. The Kier molecular flexibility index (Phi) is 4.83.